The number of hydrogen-bond acceptors (Lipinski definition) is 4. The summed E-state index contributed by atoms with van der Waals surface area (Å²) in [5.41, 5.74) is -0.125. The van der Waals surface area contributed by atoms with Gasteiger partial charge in [0, 0.05) is 12.4 Å². The van der Waals surface area contributed by atoms with E-state index in [0.29, 0.717) is 0 Å². The Labute approximate surface area is 81.3 Å². The minimum atomic E-state index is -3.38. The summed E-state index contributed by atoms with van der Waals surface area (Å²) in [6, 6.07) is 1.11. The van der Waals surface area contributed by atoms with Gasteiger partial charge < -0.3 is 5.11 Å². The zero-order valence-corrected chi connectivity index (χ0v) is 8.28. The number of carboxylic acid groups (broad SMARTS) is 1. The third-order valence-electron chi connectivity index (χ3n) is 1.70. The SMILES string of the molecule is CCS(=O)(=O)c1cncc(C(=O)O)c1. The molecule has 5 nitrogen and oxygen atoms in total. The first-order valence-electron chi connectivity index (χ1n) is 3.88. The molecule has 1 aromatic rings. The van der Waals surface area contributed by atoms with E-state index in [-0.39, 0.29) is 16.2 Å². The molecule has 0 radical (unpaired) electrons. The van der Waals surface area contributed by atoms with Crippen molar-refractivity contribution in [3.05, 3.63) is 24.0 Å². The molecule has 0 aliphatic heterocycles. The molecule has 1 aromatic heterocycles. The van der Waals surface area contributed by atoms with Gasteiger partial charge in [-0.15, -0.1) is 0 Å². The maximum absolute atomic E-state index is 11.3. The molecule has 6 heteroatoms. The van der Waals surface area contributed by atoms with Gasteiger partial charge in [0.05, 0.1) is 16.2 Å². The summed E-state index contributed by atoms with van der Waals surface area (Å²) >= 11 is 0. The minimum absolute atomic E-state index is 0.0556. The molecule has 1 N–H and O–H groups in total. The molecule has 0 saturated heterocycles. The zero-order chi connectivity index (χ0) is 10.8. The van der Waals surface area contributed by atoms with Crippen molar-refractivity contribution in [3.8, 4) is 0 Å². The molecule has 14 heavy (non-hydrogen) atoms. The zero-order valence-electron chi connectivity index (χ0n) is 7.47. The highest BCUT2D eigenvalue weighted by atomic mass is 32.2. The maximum atomic E-state index is 11.3. The van der Waals surface area contributed by atoms with Crippen LogP contribution in [0.3, 0.4) is 0 Å². The molecule has 1 rings (SSSR count). The van der Waals surface area contributed by atoms with Crippen LogP contribution in [-0.2, 0) is 9.84 Å². The van der Waals surface area contributed by atoms with E-state index in [2.05, 4.69) is 4.98 Å². The Morgan fingerprint density at radius 3 is 2.64 bits per heavy atom. The van der Waals surface area contributed by atoms with Gasteiger partial charge in [0.1, 0.15) is 0 Å². The van der Waals surface area contributed by atoms with Crippen molar-refractivity contribution in [2.75, 3.05) is 5.75 Å². The molecule has 76 valence electrons. The Morgan fingerprint density at radius 1 is 1.50 bits per heavy atom. The van der Waals surface area contributed by atoms with Gasteiger partial charge in [-0.3, -0.25) is 4.98 Å². The Hall–Kier alpha value is -1.43. The van der Waals surface area contributed by atoms with Crippen molar-refractivity contribution in [2.24, 2.45) is 0 Å². The first kappa shape index (κ1) is 10.6. The van der Waals surface area contributed by atoms with Crippen LogP contribution in [0.25, 0.3) is 0 Å². The van der Waals surface area contributed by atoms with Crippen LogP contribution >= 0.6 is 0 Å². The van der Waals surface area contributed by atoms with Crippen LogP contribution in [0.15, 0.2) is 23.4 Å². The monoisotopic (exact) mass is 215 g/mol. The molecule has 0 aromatic carbocycles. The highest BCUT2D eigenvalue weighted by molar-refractivity contribution is 7.91. The van der Waals surface area contributed by atoms with Gasteiger partial charge in [-0.1, -0.05) is 6.92 Å². The molecular formula is C8H9NO4S. The molecule has 0 saturated carbocycles. The van der Waals surface area contributed by atoms with Crippen molar-refractivity contribution >= 4 is 15.8 Å². The van der Waals surface area contributed by atoms with E-state index >= 15 is 0 Å². The first-order chi connectivity index (χ1) is 6.47. The molecule has 0 atom stereocenters. The fourth-order valence-electron chi connectivity index (χ4n) is 0.873. The van der Waals surface area contributed by atoms with Crippen LogP contribution in [0, 0.1) is 0 Å². The third-order valence-corrected chi connectivity index (χ3v) is 3.40. The number of carboxylic acids is 1. The normalized spacial score (nSPS) is 11.2. The summed E-state index contributed by atoms with van der Waals surface area (Å²) in [4.78, 5) is 14.0. The van der Waals surface area contributed by atoms with Crippen molar-refractivity contribution in [3.63, 3.8) is 0 Å². The number of pyridine rings is 1. The molecular weight excluding hydrogens is 206 g/mol. The summed E-state index contributed by atoms with van der Waals surface area (Å²) in [6.07, 6.45) is 2.25. The Balaban J connectivity index is 3.26. The number of aromatic nitrogens is 1. The van der Waals surface area contributed by atoms with Crippen LogP contribution in [-0.4, -0.2) is 30.2 Å². The van der Waals surface area contributed by atoms with Gasteiger partial charge in [0.25, 0.3) is 0 Å². The average molecular weight is 215 g/mol. The predicted molar refractivity (Wildman–Crippen MR) is 48.9 cm³/mol. The van der Waals surface area contributed by atoms with E-state index in [1.807, 2.05) is 0 Å². The maximum Gasteiger partial charge on any atom is 0.337 e. The summed E-state index contributed by atoms with van der Waals surface area (Å²) in [7, 11) is -3.38. The minimum Gasteiger partial charge on any atom is -0.478 e. The van der Waals surface area contributed by atoms with Crippen LogP contribution in [0.1, 0.15) is 17.3 Å². The lowest BCUT2D eigenvalue weighted by Gasteiger charge is -2.00. The van der Waals surface area contributed by atoms with Gasteiger partial charge in [0.15, 0.2) is 9.84 Å². The van der Waals surface area contributed by atoms with Gasteiger partial charge in [-0.05, 0) is 6.07 Å². The summed E-state index contributed by atoms with van der Waals surface area (Å²) in [6.45, 7) is 1.49. The highest BCUT2D eigenvalue weighted by Gasteiger charge is 2.14. The Kier molecular flexibility index (Phi) is 2.85. The number of hydrogen-bond donors (Lipinski definition) is 1. The van der Waals surface area contributed by atoms with E-state index in [1.165, 1.54) is 6.92 Å². The lowest BCUT2D eigenvalue weighted by atomic mass is 10.3. The fraction of sp³-hybridized carbons (Fsp3) is 0.250. The second-order valence-electron chi connectivity index (χ2n) is 2.62. The van der Waals surface area contributed by atoms with Gasteiger partial charge in [0.2, 0.25) is 0 Å². The van der Waals surface area contributed by atoms with E-state index in [0.717, 1.165) is 18.5 Å². The molecule has 0 bridgehead atoms. The lowest BCUT2D eigenvalue weighted by molar-refractivity contribution is 0.0696. The quantitative estimate of drug-likeness (QED) is 0.796. The number of carbonyl (C=O) groups is 1. The van der Waals surface area contributed by atoms with Crippen molar-refractivity contribution in [1.82, 2.24) is 4.98 Å². The molecule has 0 aliphatic rings. The Morgan fingerprint density at radius 2 is 2.14 bits per heavy atom. The molecule has 0 aliphatic carbocycles. The largest absolute Gasteiger partial charge is 0.478 e. The number of sulfone groups is 1. The van der Waals surface area contributed by atoms with Crippen molar-refractivity contribution in [2.45, 2.75) is 11.8 Å². The molecule has 0 amide bonds. The molecule has 1 heterocycles. The highest BCUT2D eigenvalue weighted by Crippen LogP contribution is 2.11. The van der Waals surface area contributed by atoms with Gasteiger partial charge in [-0.2, -0.15) is 0 Å². The second-order valence-corrected chi connectivity index (χ2v) is 4.90. The smallest absolute Gasteiger partial charge is 0.337 e. The standard InChI is InChI=1S/C8H9NO4S/c1-2-14(12,13)7-3-6(8(10)11)4-9-5-7/h3-5H,2H2,1H3,(H,10,11). The second kappa shape index (κ2) is 3.75. The number of aromatic carboxylic acids is 1. The fourth-order valence-corrected chi connectivity index (χ4v) is 1.73. The summed E-state index contributed by atoms with van der Waals surface area (Å²) in [5, 5.41) is 8.61. The molecule has 0 spiro atoms. The summed E-state index contributed by atoms with van der Waals surface area (Å²) in [5.74, 6) is -1.26. The van der Waals surface area contributed by atoms with Gasteiger partial charge >= 0.3 is 5.97 Å². The van der Waals surface area contributed by atoms with Crippen molar-refractivity contribution in [1.29, 1.82) is 0 Å². The average Bonchev–Trinajstić information content (AvgIpc) is 2.18. The molecule has 0 fully saturated rings. The third kappa shape index (κ3) is 2.08. The predicted octanol–water partition coefficient (Wildman–Crippen LogP) is 0.573. The van der Waals surface area contributed by atoms with Crippen LogP contribution in [0.5, 0.6) is 0 Å². The number of nitrogens with zero attached hydrogens (tertiary/aromatic N) is 1. The van der Waals surface area contributed by atoms with Crippen LogP contribution in [0.2, 0.25) is 0 Å². The molecule has 0 unspecified atom stereocenters. The van der Waals surface area contributed by atoms with E-state index in [1.54, 1.807) is 0 Å². The summed E-state index contributed by atoms with van der Waals surface area (Å²) < 4.78 is 22.7. The topological polar surface area (TPSA) is 84.3 Å². The van der Waals surface area contributed by atoms with Crippen molar-refractivity contribution < 1.29 is 18.3 Å². The van der Waals surface area contributed by atoms with E-state index in [9.17, 15) is 13.2 Å². The van der Waals surface area contributed by atoms with Crippen LogP contribution in [0.4, 0.5) is 0 Å². The van der Waals surface area contributed by atoms with E-state index in [4.69, 9.17) is 5.11 Å². The van der Waals surface area contributed by atoms with Gasteiger partial charge in [-0.25, -0.2) is 13.2 Å². The van der Waals surface area contributed by atoms with E-state index < -0.39 is 15.8 Å². The Bertz CT molecular complexity index is 452. The van der Waals surface area contributed by atoms with Crippen LogP contribution < -0.4 is 0 Å². The first-order valence-corrected chi connectivity index (χ1v) is 5.53. The number of rotatable bonds is 3. The lowest BCUT2D eigenvalue weighted by Crippen LogP contribution is -2.06.